The van der Waals surface area contributed by atoms with E-state index < -0.39 is 0 Å². The van der Waals surface area contributed by atoms with E-state index in [0.717, 1.165) is 12.0 Å². The first kappa shape index (κ1) is 24.4. The average Bonchev–Trinajstić information content (AvgIpc) is 3.15. The summed E-state index contributed by atoms with van der Waals surface area (Å²) in [7, 11) is 1.60. The van der Waals surface area contributed by atoms with E-state index in [1.165, 1.54) is 22.0 Å². The molecule has 2 aromatic carbocycles. The van der Waals surface area contributed by atoms with Crippen LogP contribution in [0.4, 0.5) is 0 Å². The topological polar surface area (TPSA) is 104 Å². The van der Waals surface area contributed by atoms with Gasteiger partial charge in [0.05, 0.1) is 18.9 Å². The molecule has 3 rings (SSSR count). The zero-order valence-electron chi connectivity index (χ0n) is 19.4. The molecule has 1 aromatic heterocycles. The third-order valence-corrected chi connectivity index (χ3v) is 5.92. The van der Waals surface area contributed by atoms with Crippen LogP contribution < -0.4 is 20.6 Å². The normalized spacial score (nSPS) is 11.9. The highest BCUT2D eigenvalue weighted by atomic mass is 32.2. The predicted octanol–water partition coefficient (Wildman–Crippen LogP) is 3.75. The van der Waals surface area contributed by atoms with Crippen molar-refractivity contribution in [2.45, 2.75) is 45.0 Å². The van der Waals surface area contributed by atoms with Crippen LogP contribution >= 0.6 is 11.8 Å². The lowest BCUT2D eigenvalue weighted by atomic mass is 10.00. The van der Waals surface area contributed by atoms with Gasteiger partial charge in [-0.3, -0.25) is 4.79 Å². The number of amides is 1. The second kappa shape index (κ2) is 11.6. The number of nitrogens with one attached hydrogen (secondary N) is 1. The maximum absolute atomic E-state index is 12.4. The summed E-state index contributed by atoms with van der Waals surface area (Å²) in [6.07, 6.45) is 1.05. The molecular weight excluding hydrogens is 438 g/mol. The second-order valence-electron chi connectivity index (χ2n) is 8.15. The van der Waals surface area contributed by atoms with Crippen LogP contribution in [0.15, 0.2) is 53.7 Å². The molecule has 0 aliphatic rings. The Morgan fingerprint density at radius 2 is 1.85 bits per heavy atom. The van der Waals surface area contributed by atoms with E-state index >= 15 is 0 Å². The monoisotopic (exact) mass is 469 g/mol. The van der Waals surface area contributed by atoms with Crippen molar-refractivity contribution in [3.63, 3.8) is 0 Å². The Balaban J connectivity index is 1.48. The Morgan fingerprint density at radius 3 is 2.55 bits per heavy atom. The largest absolute Gasteiger partial charge is 0.497 e. The molecule has 0 bridgehead atoms. The minimum atomic E-state index is -0.101. The molecule has 0 radical (unpaired) electrons. The van der Waals surface area contributed by atoms with E-state index in [4.69, 9.17) is 15.3 Å². The number of hydrogen-bond acceptors (Lipinski definition) is 7. The van der Waals surface area contributed by atoms with Crippen LogP contribution in [0.25, 0.3) is 0 Å². The third kappa shape index (κ3) is 7.15. The van der Waals surface area contributed by atoms with Gasteiger partial charge < -0.3 is 20.6 Å². The molecule has 9 heteroatoms. The predicted molar refractivity (Wildman–Crippen MR) is 130 cm³/mol. The molecule has 1 atom stereocenters. The Bertz CT molecular complexity index is 1050. The van der Waals surface area contributed by atoms with E-state index in [1.54, 1.807) is 13.2 Å². The van der Waals surface area contributed by atoms with Gasteiger partial charge in [-0.15, -0.1) is 10.2 Å². The third-order valence-electron chi connectivity index (χ3n) is 4.98. The van der Waals surface area contributed by atoms with Crippen molar-refractivity contribution in [2.75, 3.05) is 18.7 Å². The van der Waals surface area contributed by atoms with Crippen LogP contribution in [0.1, 0.15) is 43.8 Å². The van der Waals surface area contributed by atoms with Crippen LogP contribution in [-0.2, 0) is 17.8 Å². The number of nitrogens with zero attached hydrogens (tertiary/aromatic N) is 3. The van der Waals surface area contributed by atoms with Crippen LogP contribution in [0.5, 0.6) is 11.5 Å². The highest BCUT2D eigenvalue weighted by Crippen LogP contribution is 2.21. The van der Waals surface area contributed by atoms with Gasteiger partial charge in [0.1, 0.15) is 18.1 Å². The van der Waals surface area contributed by atoms with Gasteiger partial charge in [0.25, 0.3) is 0 Å². The summed E-state index contributed by atoms with van der Waals surface area (Å²) in [6.45, 7) is 6.52. The second-order valence-corrected chi connectivity index (χ2v) is 9.10. The number of methoxy groups -OCH3 is 1. The molecule has 0 saturated heterocycles. The molecule has 1 unspecified atom stereocenters. The van der Waals surface area contributed by atoms with Crippen molar-refractivity contribution in [3.8, 4) is 11.5 Å². The van der Waals surface area contributed by atoms with Gasteiger partial charge in [-0.1, -0.05) is 55.9 Å². The minimum Gasteiger partial charge on any atom is -0.497 e. The molecule has 3 N–H and O–H groups in total. The van der Waals surface area contributed by atoms with E-state index in [2.05, 4.69) is 53.6 Å². The summed E-state index contributed by atoms with van der Waals surface area (Å²) in [4.78, 5) is 12.4. The molecule has 8 nitrogen and oxygen atoms in total. The first-order valence-corrected chi connectivity index (χ1v) is 11.8. The highest BCUT2D eigenvalue weighted by Gasteiger charge is 2.15. The summed E-state index contributed by atoms with van der Waals surface area (Å²) >= 11 is 1.23. The molecule has 0 fully saturated rings. The quantitative estimate of drug-likeness (QED) is 0.326. The van der Waals surface area contributed by atoms with Crippen molar-refractivity contribution in [2.24, 2.45) is 5.92 Å². The number of rotatable bonds is 11. The van der Waals surface area contributed by atoms with Crippen molar-refractivity contribution in [1.82, 2.24) is 20.2 Å². The smallest absolute Gasteiger partial charge is 0.230 e. The molecule has 3 aromatic rings. The zero-order valence-corrected chi connectivity index (χ0v) is 20.3. The van der Waals surface area contributed by atoms with E-state index in [-0.39, 0.29) is 24.3 Å². The summed E-state index contributed by atoms with van der Waals surface area (Å²) in [5.74, 6) is 8.57. The molecule has 176 valence electrons. The molecule has 1 heterocycles. The van der Waals surface area contributed by atoms with E-state index in [0.29, 0.717) is 28.4 Å². The van der Waals surface area contributed by atoms with Crippen LogP contribution in [-0.4, -0.2) is 33.6 Å². The summed E-state index contributed by atoms with van der Waals surface area (Å²) < 4.78 is 12.2. The average molecular weight is 470 g/mol. The molecule has 0 aliphatic carbocycles. The van der Waals surface area contributed by atoms with Crippen LogP contribution in [0.3, 0.4) is 0 Å². The molecule has 1 amide bonds. The fraction of sp³-hybridized carbons (Fsp3) is 0.375. The van der Waals surface area contributed by atoms with E-state index in [1.807, 2.05) is 25.1 Å². The van der Waals surface area contributed by atoms with Gasteiger partial charge in [0, 0.05) is 6.07 Å². The van der Waals surface area contributed by atoms with Crippen LogP contribution in [0, 0.1) is 5.92 Å². The Labute approximate surface area is 198 Å². The maximum atomic E-state index is 12.4. The number of hydrogen-bond donors (Lipinski definition) is 2. The molecule has 0 saturated carbocycles. The molecule has 0 aliphatic heterocycles. The number of benzene rings is 2. The minimum absolute atomic E-state index is 0.0891. The van der Waals surface area contributed by atoms with Crippen molar-refractivity contribution < 1.29 is 14.3 Å². The Kier molecular flexibility index (Phi) is 8.59. The number of carbonyl (C=O) groups excluding carboxylic acids is 1. The van der Waals surface area contributed by atoms with Crippen molar-refractivity contribution in [3.05, 3.63) is 65.5 Å². The number of aromatic nitrogens is 3. The van der Waals surface area contributed by atoms with Crippen LogP contribution in [0.2, 0.25) is 0 Å². The lowest BCUT2D eigenvalue weighted by Crippen LogP contribution is -2.28. The van der Waals surface area contributed by atoms with E-state index in [9.17, 15) is 4.79 Å². The SMILES string of the molecule is COc1cccc(OCc2nnc(SCC(=O)NC(C)c3ccc(CC(C)C)cc3)n2N)c1. The van der Waals surface area contributed by atoms with Gasteiger partial charge in [0.2, 0.25) is 11.1 Å². The fourth-order valence-electron chi connectivity index (χ4n) is 3.25. The number of carbonyl (C=O) groups is 1. The Morgan fingerprint density at radius 1 is 1.12 bits per heavy atom. The van der Waals surface area contributed by atoms with Crippen molar-refractivity contribution in [1.29, 1.82) is 0 Å². The number of thioether (sulfide) groups is 1. The first-order chi connectivity index (χ1) is 15.9. The zero-order chi connectivity index (χ0) is 23.8. The number of ether oxygens (including phenoxy) is 2. The molecule has 0 spiro atoms. The highest BCUT2D eigenvalue weighted by molar-refractivity contribution is 7.99. The Hall–Kier alpha value is -3.20. The molecular formula is C24H31N5O3S. The first-order valence-electron chi connectivity index (χ1n) is 10.8. The van der Waals surface area contributed by atoms with Gasteiger partial charge >= 0.3 is 0 Å². The summed E-state index contributed by atoms with van der Waals surface area (Å²) in [5, 5.41) is 11.6. The molecule has 33 heavy (non-hydrogen) atoms. The number of nitrogen functional groups attached to an aromatic ring is 1. The standard InChI is InChI=1S/C24H31N5O3S/c1-16(2)12-18-8-10-19(11-9-18)17(3)26-23(30)15-33-24-28-27-22(29(24)25)14-32-21-7-5-6-20(13-21)31-4/h5-11,13,16-17H,12,14-15,25H2,1-4H3,(H,26,30). The number of nitrogens with two attached hydrogens (primary N) is 1. The van der Waals surface area contributed by atoms with Gasteiger partial charge in [-0.05, 0) is 42.5 Å². The summed E-state index contributed by atoms with van der Waals surface area (Å²) in [6, 6.07) is 15.6. The van der Waals surface area contributed by atoms with Gasteiger partial charge in [-0.2, -0.15) is 0 Å². The van der Waals surface area contributed by atoms with Crippen molar-refractivity contribution >= 4 is 17.7 Å². The fourth-order valence-corrected chi connectivity index (χ4v) is 3.94. The summed E-state index contributed by atoms with van der Waals surface area (Å²) in [5.41, 5.74) is 2.37. The van der Waals surface area contributed by atoms with Gasteiger partial charge in [-0.25, -0.2) is 4.68 Å². The maximum Gasteiger partial charge on any atom is 0.230 e. The lowest BCUT2D eigenvalue weighted by molar-refractivity contribution is -0.119. The van der Waals surface area contributed by atoms with Gasteiger partial charge in [0.15, 0.2) is 5.82 Å². The lowest BCUT2D eigenvalue weighted by Gasteiger charge is -2.15.